The molecule has 0 saturated carbocycles. The second-order valence-corrected chi connectivity index (χ2v) is 4.87. The molecule has 2 aromatic rings. The van der Waals surface area contributed by atoms with E-state index in [1.807, 2.05) is 29.7 Å². The number of thioether (sulfide) groups is 1. The number of hydrogen-bond acceptors (Lipinski definition) is 5. The maximum atomic E-state index is 11.0. The van der Waals surface area contributed by atoms with E-state index in [0.717, 1.165) is 11.3 Å². The van der Waals surface area contributed by atoms with Crippen LogP contribution in [0.1, 0.15) is 5.56 Å². The molecular formula is C11H7ClN4OS. The van der Waals surface area contributed by atoms with Crippen molar-refractivity contribution in [3.8, 4) is 0 Å². The first-order chi connectivity index (χ1) is 8.72. The van der Waals surface area contributed by atoms with Crippen LogP contribution < -0.4 is 11.0 Å². The van der Waals surface area contributed by atoms with Gasteiger partial charge in [0.05, 0.1) is 5.70 Å². The molecule has 0 atom stereocenters. The molecule has 1 aliphatic rings. The molecule has 0 radical (unpaired) electrons. The minimum absolute atomic E-state index is 0.452. The third kappa shape index (κ3) is 2.12. The lowest BCUT2D eigenvalue weighted by Gasteiger charge is -2.16. The smallest absolute Gasteiger partial charge is 0.336 e. The summed E-state index contributed by atoms with van der Waals surface area (Å²) in [5.41, 5.74) is 1.43. The van der Waals surface area contributed by atoms with Crippen molar-refractivity contribution < 1.29 is 0 Å². The van der Waals surface area contributed by atoms with E-state index in [4.69, 9.17) is 11.6 Å². The van der Waals surface area contributed by atoms with E-state index in [9.17, 15) is 4.79 Å². The summed E-state index contributed by atoms with van der Waals surface area (Å²) in [5, 5.41) is 12.5. The van der Waals surface area contributed by atoms with Crippen LogP contribution in [0.25, 0.3) is 5.70 Å². The van der Waals surface area contributed by atoms with E-state index in [-0.39, 0.29) is 0 Å². The van der Waals surface area contributed by atoms with Crippen molar-refractivity contribution >= 4 is 34.9 Å². The Labute approximate surface area is 111 Å². The fourth-order valence-electron chi connectivity index (χ4n) is 1.53. The molecule has 18 heavy (non-hydrogen) atoms. The highest BCUT2D eigenvalue weighted by Crippen LogP contribution is 2.33. The maximum Gasteiger partial charge on any atom is 0.362 e. The van der Waals surface area contributed by atoms with Crippen LogP contribution in [0, 0.1) is 0 Å². The normalized spacial score (nSPS) is 13.5. The topological polar surface area (TPSA) is 70.7 Å². The molecule has 0 saturated heterocycles. The predicted molar refractivity (Wildman–Crippen MR) is 71.6 cm³/mol. The summed E-state index contributed by atoms with van der Waals surface area (Å²) in [6.07, 6.45) is 0. The number of benzene rings is 1. The zero-order chi connectivity index (χ0) is 12.5. The number of nitrogens with one attached hydrogen (secondary N) is 2. The van der Waals surface area contributed by atoms with Gasteiger partial charge in [-0.2, -0.15) is 10.1 Å². The Morgan fingerprint density at radius 2 is 2.00 bits per heavy atom. The van der Waals surface area contributed by atoms with E-state index in [1.54, 1.807) is 0 Å². The van der Waals surface area contributed by atoms with Crippen molar-refractivity contribution in [1.82, 2.24) is 15.2 Å². The average Bonchev–Trinajstić information content (AvgIpc) is 2.39. The zero-order valence-electron chi connectivity index (χ0n) is 8.98. The van der Waals surface area contributed by atoms with Gasteiger partial charge in [0, 0.05) is 10.4 Å². The van der Waals surface area contributed by atoms with Gasteiger partial charge in [0.25, 0.3) is 0 Å². The summed E-state index contributed by atoms with van der Waals surface area (Å²) < 4.78 is 0. The van der Waals surface area contributed by atoms with Gasteiger partial charge in [-0.15, -0.1) is 0 Å². The Kier molecular flexibility index (Phi) is 2.81. The van der Waals surface area contributed by atoms with Gasteiger partial charge >= 0.3 is 5.69 Å². The molecule has 1 aromatic carbocycles. The molecule has 1 aliphatic heterocycles. The van der Waals surface area contributed by atoms with E-state index in [0.29, 0.717) is 15.9 Å². The Balaban J connectivity index is 1.94. The number of rotatable bonds is 1. The van der Waals surface area contributed by atoms with Gasteiger partial charge in [-0.25, -0.2) is 9.89 Å². The second-order valence-electron chi connectivity index (χ2n) is 3.58. The summed E-state index contributed by atoms with van der Waals surface area (Å²) in [6.45, 7) is 0. The Morgan fingerprint density at radius 1 is 1.22 bits per heavy atom. The van der Waals surface area contributed by atoms with Gasteiger partial charge in [0.1, 0.15) is 0 Å². The van der Waals surface area contributed by atoms with Crippen molar-refractivity contribution in [3.63, 3.8) is 0 Å². The van der Waals surface area contributed by atoms with E-state index >= 15 is 0 Å². The van der Waals surface area contributed by atoms with Gasteiger partial charge < -0.3 is 5.32 Å². The van der Waals surface area contributed by atoms with Crippen LogP contribution in [0.3, 0.4) is 0 Å². The maximum absolute atomic E-state index is 11.0. The summed E-state index contributed by atoms with van der Waals surface area (Å²) >= 11 is 7.20. The number of H-pyrrole nitrogens is 1. The standard InChI is InChI=1S/C11H7ClN4OS/c12-7-3-1-6(2-4-7)8-5-18-10-9(13-8)15-16-11(17)14-10/h1-5H,(H,13,15)(H,14,16,17). The molecule has 1 aromatic heterocycles. The SMILES string of the molecule is O=c1nc2c(n[nH]1)NC(c1ccc(Cl)cc1)=CS2. The Hall–Kier alpha value is -1.79. The van der Waals surface area contributed by atoms with Crippen LogP contribution >= 0.6 is 23.4 Å². The highest BCUT2D eigenvalue weighted by molar-refractivity contribution is 8.02. The molecule has 0 spiro atoms. The monoisotopic (exact) mass is 278 g/mol. The van der Waals surface area contributed by atoms with Crippen LogP contribution in [0.5, 0.6) is 0 Å². The number of aromatic nitrogens is 3. The molecule has 2 N–H and O–H groups in total. The van der Waals surface area contributed by atoms with Gasteiger partial charge in [0.15, 0.2) is 10.8 Å². The van der Waals surface area contributed by atoms with Gasteiger partial charge in [-0.05, 0) is 17.7 Å². The number of anilines is 1. The average molecular weight is 279 g/mol. The van der Waals surface area contributed by atoms with E-state index < -0.39 is 5.69 Å². The molecule has 2 heterocycles. The highest BCUT2D eigenvalue weighted by atomic mass is 35.5. The van der Waals surface area contributed by atoms with Crippen LogP contribution in [0.2, 0.25) is 5.02 Å². The van der Waals surface area contributed by atoms with Crippen LogP contribution in [-0.4, -0.2) is 15.2 Å². The largest absolute Gasteiger partial charge is 0.362 e. The Bertz CT molecular complexity index is 680. The molecule has 0 fully saturated rings. The van der Waals surface area contributed by atoms with Crippen LogP contribution in [0.4, 0.5) is 5.82 Å². The van der Waals surface area contributed by atoms with Crippen molar-refractivity contribution in [3.05, 3.63) is 50.7 Å². The van der Waals surface area contributed by atoms with Gasteiger partial charge in [-0.1, -0.05) is 35.5 Å². The highest BCUT2D eigenvalue weighted by Gasteiger charge is 2.15. The van der Waals surface area contributed by atoms with Crippen molar-refractivity contribution in [2.75, 3.05) is 5.32 Å². The number of halogens is 1. The third-order valence-corrected chi connectivity index (χ3v) is 3.48. The van der Waals surface area contributed by atoms with Gasteiger partial charge in [0.2, 0.25) is 0 Å². The van der Waals surface area contributed by atoms with Crippen molar-refractivity contribution in [2.24, 2.45) is 0 Å². The Morgan fingerprint density at radius 3 is 2.78 bits per heavy atom. The summed E-state index contributed by atoms with van der Waals surface area (Å²) in [7, 11) is 0. The molecule has 3 rings (SSSR count). The quantitative estimate of drug-likeness (QED) is 0.838. The third-order valence-electron chi connectivity index (χ3n) is 2.37. The second kappa shape index (κ2) is 4.47. The first-order valence-electron chi connectivity index (χ1n) is 5.09. The minimum atomic E-state index is -0.452. The molecule has 7 heteroatoms. The van der Waals surface area contributed by atoms with Crippen molar-refractivity contribution in [2.45, 2.75) is 5.03 Å². The summed E-state index contributed by atoms with van der Waals surface area (Å²) in [5.74, 6) is 0.548. The van der Waals surface area contributed by atoms with E-state index in [2.05, 4.69) is 20.5 Å². The molecular weight excluding hydrogens is 272 g/mol. The lowest BCUT2D eigenvalue weighted by molar-refractivity contribution is 0.862. The molecule has 0 amide bonds. The number of fused-ring (bicyclic) bond motifs is 1. The first kappa shape index (κ1) is 11.3. The van der Waals surface area contributed by atoms with Crippen molar-refractivity contribution in [1.29, 1.82) is 0 Å². The number of hydrogen-bond donors (Lipinski definition) is 2. The molecule has 5 nitrogen and oxygen atoms in total. The minimum Gasteiger partial charge on any atom is -0.336 e. The number of aromatic amines is 1. The fourth-order valence-corrected chi connectivity index (χ4v) is 2.42. The predicted octanol–water partition coefficient (Wildman–Crippen LogP) is 2.33. The number of nitrogens with zero attached hydrogens (tertiary/aromatic N) is 2. The van der Waals surface area contributed by atoms with Crippen LogP contribution in [-0.2, 0) is 0 Å². The molecule has 0 unspecified atom stereocenters. The first-order valence-corrected chi connectivity index (χ1v) is 6.35. The summed E-state index contributed by atoms with van der Waals surface area (Å²) in [4.78, 5) is 14.8. The van der Waals surface area contributed by atoms with Crippen LogP contribution in [0.15, 0.2) is 39.5 Å². The fraction of sp³-hybridized carbons (Fsp3) is 0. The lowest BCUT2D eigenvalue weighted by atomic mass is 10.2. The molecule has 90 valence electrons. The summed E-state index contributed by atoms with van der Waals surface area (Å²) in [6, 6.07) is 7.45. The lowest BCUT2D eigenvalue weighted by Crippen LogP contribution is -2.17. The molecule has 0 aliphatic carbocycles. The zero-order valence-corrected chi connectivity index (χ0v) is 10.5. The van der Waals surface area contributed by atoms with Gasteiger partial charge in [-0.3, -0.25) is 0 Å². The molecule has 0 bridgehead atoms. The van der Waals surface area contributed by atoms with E-state index in [1.165, 1.54) is 11.8 Å².